The fourth-order valence-electron chi connectivity index (χ4n) is 4.23. The van der Waals surface area contributed by atoms with Gasteiger partial charge in [-0.05, 0) is 55.7 Å². The van der Waals surface area contributed by atoms with E-state index >= 15 is 0 Å². The van der Waals surface area contributed by atoms with Gasteiger partial charge in [0.25, 0.3) is 0 Å². The van der Waals surface area contributed by atoms with E-state index in [4.69, 9.17) is 5.11 Å². The van der Waals surface area contributed by atoms with Crippen molar-refractivity contribution in [3.05, 3.63) is 91.0 Å². The maximum absolute atomic E-state index is 8.92. The Morgan fingerprint density at radius 2 is 0.800 bits per heavy atom. The summed E-state index contributed by atoms with van der Waals surface area (Å²) in [6.07, 6.45) is 9.70. The Kier molecular flexibility index (Phi) is 11.4. The number of unbranched alkanes of at least 4 members (excludes halogenated alkanes) is 6. The molecule has 0 aromatic heterocycles. The Morgan fingerprint density at radius 3 is 1.17 bits per heavy atom. The van der Waals surface area contributed by atoms with Crippen LogP contribution in [0.3, 0.4) is 0 Å². The van der Waals surface area contributed by atoms with Gasteiger partial charge in [0.15, 0.2) is 0 Å². The second kappa shape index (κ2) is 13.8. The van der Waals surface area contributed by atoms with Crippen molar-refractivity contribution in [3.8, 4) is 0 Å². The molecule has 3 heteroatoms. The zero-order chi connectivity index (χ0) is 20.2. The molecule has 0 radical (unpaired) electrons. The van der Waals surface area contributed by atoms with Crippen molar-refractivity contribution in [2.75, 3.05) is 12.8 Å². The SMILES string of the molecule is OCCCCCCCCC[P+](c1ccccc1)(c1ccccc1)c1ccccc1.[Br-]. The third-order valence-electron chi connectivity index (χ3n) is 5.74. The number of hydrogen-bond donors (Lipinski definition) is 1. The Hall–Kier alpha value is -1.47. The maximum Gasteiger partial charge on any atom is 0.112 e. The Balaban J connectivity index is 0.00000320. The molecule has 1 nitrogen and oxygen atoms in total. The van der Waals surface area contributed by atoms with Crippen LogP contribution < -0.4 is 32.9 Å². The number of aliphatic hydroxyl groups excluding tert-OH is 1. The Morgan fingerprint density at radius 1 is 0.467 bits per heavy atom. The van der Waals surface area contributed by atoms with E-state index in [-0.39, 0.29) is 17.0 Å². The quantitative estimate of drug-likeness (QED) is 0.309. The van der Waals surface area contributed by atoms with Crippen molar-refractivity contribution in [2.45, 2.75) is 44.9 Å². The Labute approximate surface area is 193 Å². The van der Waals surface area contributed by atoms with Crippen molar-refractivity contribution in [2.24, 2.45) is 0 Å². The highest BCUT2D eigenvalue weighted by Crippen LogP contribution is 2.55. The van der Waals surface area contributed by atoms with Crippen LogP contribution in [0.2, 0.25) is 0 Å². The van der Waals surface area contributed by atoms with Gasteiger partial charge in [-0.15, -0.1) is 0 Å². The molecule has 3 aromatic carbocycles. The predicted octanol–water partition coefficient (Wildman–Crippen LogP) is 2.71. The number of rotatable bonds is 12. The van der Waals surface area contributed by atoms with E-state index in [0.29, 0.717) is 6.61 Å². The van der Waals surface area contributed by atoms with Crippen LogP contribution >= 0.6 is 7.26 Å². The smallest absolute Gasteiger partial charge is 0.112 e. The first-order chi connectivity index (χ1) is 14.4. The second-order valence-electron chi connectivity index (χ2n) is 7.74. The lowest BCUT2D eigenvalue weighted by atomic mass is 10.1. The minimum Gasteiger partial charge on any atom is -1.00 e. The minimum atomic E-state index is -1.65. The first-order valence-electron chi connectivity index (χ1n) is 11.0. The van der Waals surface area contributed by atoms with E-state index in [9.17, 15) is 0 Å². The highest BCUT2D eigenvalue weighted by atomic mass is 79.9. The van der Waals surface area contributed by atoms with E-state index in [2.05, 4.69) is 91.0 Å². The molecule has 30 heavy (non-hydrogen) atoms. The first kappa shape index (κ1) is 24.8. The average molecular weight is 485 g/mol. The monoisotopic (exact) mass is 484 g/mol. The van der Waals surface area contributed by atoms with Gasteiger partial charge in [-0.3, -0.25) is 0 Å². The number of benzene rings is 3. The summed E-state index contributed by atoms with van der Waals surface area (Å²) in [5.41, 5.74) is 0. The molecule has 0 unspecified atom stereocenters. The lowest BCUT2D eigenvalue weighted by molar-refractivity contribution is -0.00000691. The number of hydrogen-bond acceptors (Lipinski definition) is 1. The molecule has 0 aliphatic rings. The molecule has 1 N–H and O–H groups in total. The van der Waals surface area contributed by atoms with E-state index in [1.54, 1.807) is 0 Å². The molecule has 0 saturated carbocycles. The normalized spacial score (nSPS) is 11.1. The zero-order valence-electron chi connectivity index (χ0n) is 17.8. The highest BCUT2D eigenvalue weighted by Gasteiger charge is 2.44. The fourth-order valence-corrected chi connectivity index (χ4v) is 8.64. The van der Waals surface area contributed by atoms with Gasteiger partial charge in [0.2, 0.25) is 0 Å². The average Bonchev–Trinajstić information content (AvgIpc) is 2.80. The lowest BCUT2D eigenvalue weighted by Gasteiger charge is -2.27. The summed E-state index contributed by atoms with van der Waals surface area (Å²) < 4.78 is 0. The molecule has 3 rings (SSSR count). The van der Waals surface area contributed by atoms with Crippen molar-refractivity contribution < 1.29 is 22.1 Å². The highest BCUT2D eigenvalue weighted by molar-refractivity contribution is 7.95. The summed E-state index contributed by atoms with van der Waals surface area (Å²) in [4.78, 5) is 0. The van der Waals surface area contributed by atoms with Crippen LogP contribution in [-0.4, -0.2) is 17.9 Å². The maximum atomic E-state index is 8.92. The van der Waals surface area contributed by atoms with Gasteiger partial charge in [0.1, 0.15) is 23.2 Å². The van der Waals surface area contributed by atoms with Crippen molar-refractivity contribution in [1.82, 2.24) is 0 Å². The minimum absolute atomic E-state index is 0. The molecule has 0 fully saturated rings. The van der Waals surface area contributed by atoms with Crippen LogP contribution in [0.1, 0.15) is 44.9 Å². The standard InChI is InChI=1S/C27H34OP.BrH/c28-23-15-4-2-1-3-5-16-24-29(25-17-9-6-10-18-25,26-19-11-7-12-20-26)27-21-13-8-14-22-27;/h6-14,17-22,28H,1-5,15-16,23-24H2;1H/q+1;/p-1. The van der Waals surface area contributed by atoms with Gasteiger partial charge >= 0.3 is 0 Å². The summed E-state index contributed by atoms with van der Waals surface area (Å²) in [5.74, 6) is 0. The zero-order valence-corrected chi connectivity index (χ0v) is 20.3. The predicted molar refractivity (Wildman–Crippen MR) is 129 cm³/mol. The summed E-state index contributed by atoms with van der Waals surface area (Å²) in [5, 5.41) is 13.4. The van der Waals surface area contributed by atoms with Gasteiger partial charge in [-0.1, -0.05) is 80.3 Å². The molecule has 160 valence electrons. The number of halogens is 1. The molecule has 0 heterocycles. The Bertz CT molecular complexity index is 711. The molecule has 0 bridgehead atoms. The van der Waals surface area contributed by atoms with Gasteiger partial charge in [0.05, 0.1) is 6.16 Å². The van der Waals surface area contributed by atoms with Gasteiger partial charge in [-0.2, -0.15) is 0 Å². The summed E-state index contributed by atoms with van der Waals surface area (Å²) in [6.45, 7) is 0.332. The van der Waals surface area contributed by atoms with Crippen LogP contribution in [0.4, 0.5) is 0 Å². The molecule has 0 saturated heterocycles. The molecule has 3 aromatic rings. The fraction of sp³-hybridized carbons (Fsp3) is 0.333. The van der Waals surface area contributed by atoms with Crippen molar-refractivity contribution in [1.29, 1.82) is 0 Å². The van der Waals surface area contributed by atoms with Crippen LogP contribution in [-0.2, 0) is 0 Å². The first-order valence-corrected chi connectivity index (χ1v) is 13.0. The van der Waals surface area contributed by atoms with Gasteiger partial charge < -0.3 is 22.1 Å². The number of aliphatic hydroxyl groups is 1. The largest absolute Gasteiger partial charge is 1.00 e. The van der Waals surface area contributed by atoms with Crippen LogP contribution in [0, 0.1) is 0 Å². The van der Waals surface area contributed by atoms with Gasteiger partial charge in [-0.25, -0.2) is 0 Å². The molecular weight excluding hydrogens is 451 g/mol. The van der Waals surface area contributed by atoms with E-state index < -0.39 is 7.26 Å². The summed E-state index contributed by atoms with van der Waals surface area (Å²) in [6, 6.07) is 33.5. The molecular formula is C27H34BrOP. The van der Waals surface area contributed by atoms with Crippen LogP contribution in [0.25, 0.3) is 0 Å². The topological polar surface area (TPSA) is 20.2 Å². The van der Waals surface area contributed by atoms with Crippen LogP contribution in [0.15, 0.2) is 91.0 Å². The van der Waals surface area contributed by atoms with E-state index in [0.717, 1.165) is 12.8 Å². The molecule has 0 aliphatic heterocycles. The van der Waals surface area contributed by atoms with Crippen LogP contribution in [0.5, 0.6) is 0 Å². The third kappa shape index (κ3) is 6.51. The van der Waals surface area contributed by atoms with Gasteiger partial charge in [0, 0.05) is 6.61 Å². The van der Waals surface area contributed by atoms with Crippen molar-refractivity contribution >= 4 is 23.2 Å². The lowest BCUT2D eigenvalue weighted by Crippen LogP contribution is -3.00. The molecule has 0 spiro atoms. The summed E-state index contributed by atoms with van der Waals surface area (Å²) in [7, 11) is -1.65. The second-order valence-corrected chi connectivity index (χ2v) is 11.4. The molecule has 0 amide bonds. The van der Waals surface area contributed by atoms with E-state index in [1.165, 1.54) is 54.2 Å². The third-order valence-corrected chi connectivity index (χ3v) is 10.3. The summed E-state index contributed by atoms with van der Waals surface area (Å²) >= 11 is 0. The molecule has 0 aliphatic carbocycles. The van der Waals surface area contributed by atoms with E-state index in [1.807, 2.05) is 0 Å². The molecule has 0 atom stereocenters. The van der Waals surface area contributed by atoms with Crippen molar-refractivity contribution in [3.63, 3.8) is 0 Å².